The van der Waals surface area contributed by atoms with Crippen molar-refractivity contribution < 1.29 is 14.3 Å². The lowest BCUT2D eigenvalue weighted by atomic mass is 10.2. The molecule has 0 radical (unpaired) electrons. The molecule has 5 nitrogen and oxygen atoms in total. The molecule has 0 atom stereocenters. The molecular formula is C13H17BrN2O3. The third-order valence-corrected chi connectivity index (χ3v) is 3.49. The minimum absolute atomic E-state index is 0.0811. The first-order chi connectivity index (χ1) is 8.95. The average Bonchev–Trinajstić information content (AvgIpc) is 2.37. The zero-order valence-electron chi connectivity index (χ0n) is 11.2. The largest absolute Gasteiger partial charge is 0.453 e. The number of alkyl carbamates (subject to hydrolysis) is 1. The van der Waals surface area contributed by atoms with Crippen molar-refractivity contribution in [2.45, 2.75) is 13.8 Å². The van der Waals surface area contributed by atoms with Crippen molar-refractivity contribution in [3.05, 3.63) is 28.2 Å². The van der Waals surface area contributed by atoms with Gasteiger partial charge in [-0.2, -0.15) is 0 Å². The van der Waals surface area contributed by atoms with E-state index in [0.717, 1.165) is 15.7 Å². The van der Waals surface area contributed by atoms with Gasteiger partial charge < -0.3 is 15.0 Å². The molecule has 0 spiro atoms. The van der Waals surface area contributed by atoms with Gasteiger partial charge in [0.2, 0.25) is 5.91 Å². The van der Waals surface area contributed by atoms with Gasteiger partial charge in [-0.05, 0) is 24.6 Å². The highest BCUT2D eigenvalue weighted by atomic mass is 79.9. The van der Waals surface area contributed by atoms with Crippen LogP contribution in [0, 0.1) is 6.92 Å². The van der Waals surface area contributed by atoms with Gasteiger partial charge in [0, 0.05) is 30.2 Å². The topological polar surface area (TPSA) is 58.6 Å². The van der Waals surface area contributed by atoms with Crippen LogP contribution in [0.1, 0.15) is 12.5 Å². The van der Waals surface area contributed by atoms with Crippen molar-refractivity contribution in [3.63, 3.8) is 0 Å². The predicted molar refractivity (Wildman–Crippen MR) is 77.3 cm³/mol. The maximum absolute atomic E-state index is 11.7. The number of carbonyl (C=O) groups is 2. The first-order valence-electron chi connectivity index (χ1n) is 5.81. The van der Waals surface area contributed by atoms with Crippen LogP contribution in [0.2, 0.25) is 0 Å². The lowest BCUT2D eigenvalue weighted by Crippen LogP contribution is -2.37. The monoisotopic (exact) mass is 328 g/mol. The van der Waals surface area contributed by atoms with Crippen LogP contribution in [0.25, 0.3) is 0 Å². The fourth-order valence-electron chi connectivity index (χ4n) is 1.56. The Balaban J connectivity index is 2.74. The first-order valence-corrected chi connectivity index (χ1v) is 6.61. The number of carbonyl (C=O) groups excluding carboxylic acids is 2. The number of methoxy groups -OCH3 is 1. The molecular weight excluding hydrogens is 312 g/mol. The molecule has 0 bridgehead atoms. The van der Waals surface area contributed by atoms with E-state index >= 15 is 0 Å². The minimum atomic E-state index is -0.506. The lowest BCUT2D eigenvalue weighted by Gasteiger charge is -2.22. The SMILES string of the molecule is COC(=O)NCCN(C(C)=O)c1ccc(C)c(Br)c1. The minimum Gasteiger partial charge on any atom is -0.453 e. The van der Waals surface area contributed by atoms with Crippen LogP contribution >= 0.6 is 15.9 Å². The van der Waals surface area contributed by atoms with E-state index in [1.54, 1.807) is 4.90 Å². The van der Waals surface area contributed by atoms with E-state index in [9.17, 15) is 9.59 Å². The fraction of sp³-hybridized carbons (Fsp3) is 0.385. The van der Waals surface area contributed by atoms with Crippen LogP contribution in [-0.4, -0.2) is 32.2 Å². The number of aryl methyl sites for hydroxylation is 1. The summed E-state index contributed by atoms with van der Waals surface area (Å²) in [6.07, 6.45) is -0.506. The number of benzene rings is 1. The van der Waals surface area contributed by atoms with E-state index in [0.29, 0.717) is 13.1 Å². The summed E-state index contributed by atoms with van der Waals surface area (Å²) in [5.74, 6) is -0.0811. The second-order valence-corrected chi connectivity index (χ2v) is 4.88. The molecule has 0 aliphatic rings. The van der Waals surface area contributed by atoms with E-state index < -0.39 is 6.09 Å². The van der Waals surface area contributed by atoms with Crippen LogP contribution in [-0.2, 0) is 9.53 Å². The van der Waals surface area contributed by atoms with Crippen molar-refractivity contribution in [3.8, 4) is 0 Å². The molecule has 1 rings (SSSR count). The molecule has 0 aromatic heterocycles. The third kappa shape index (κ3) is 4.55. The van der Waals surface area contributed by atoms with Gasteiger partial charge >= 0.3 is 6.09 Å². The number of ether oxygens (including phenoxy) is 1. The number of anilines is 1. The summed E-state index contributed by atoms with van der Waals surface area (Å²) in [5.41, 5.74) is 1.89. The summed E-state index contributed by atoms with van der Waals surface area (Å²) >= 11 is 3.44. The molecule has 2 amide bonds. The van der Waals surface area contributed by atoms with Gasteiger partial charge in [-0.1, -0.05) is 22.0 Å². The van der Waals surface area contributed by atoms with Gasteiger partial charge in [-0.15, -0.1) is 0 Å². The van der Waals surface area contributed by atoms with Crippen LogP contribution in [0.5, 0.6) is 0 Å². The number of nitrogens with one attached hydrogen (secondary N) is 1. The smallest absolute Gasteiger partial charge is 0.406 e. The van der Waals surface area contributed by atoms with Crippen LogP contribution in [0.3, 0.4) is 0 Å². The van der Waals surface area contributed by atoms with Crippen LogP contribution in [0.15, 0.2) is 22.7 Å². The summed E-state index contributed by atoms with van der Waals surface area (Å²) in [7, 11) is 1.30. The van der Waals surface area contributed by atoms with Crippen LogP contribution in [0.4, 0.5) is 10.5 Å². The number of rotatable bonds is 4. The Morgan fingerprint density at radius 1 is 1.42 bits per heavy atom. The van der Waals surface area contributed by atoms with Gasteiger partial charge in [0.25, 0.3) is 0 Å². The van der Waals surface area contributed by atoms with Gasteiger partial charge in [-0.25, -0.2) is 4.79 Å². The molecule has 1 N–H and O–H groups in total. The summed E-state index contributed by atoms with van der Waals surface area (Å²) < 4.78 is 5.41. The Morgan fingerprint density at radius 3 is 2.63 bits per heavy atom. The zero-order chi connectivity index (χ0) is 14.4. The molecule has 104 valence electrons. The quantitative estimate of drug-likeness (QED) is 0.923. The predicted octanol–water partition coefficient (Wildman–Crippen LogP) is 2.47. The molecule has 0 unspecified atom stereocenters. The van der Waals surface area contributed by atoms with Crippen molar-refractivity contribution >= 4 is 33.6 Å². The molecule has 0 aliphatic heterocycles. The molecule has 0 aliphatic carbocycles. The third-order valence-electron chi connectivity index (χ3n) is 2.64. The van der Waals surface area contributed by atoms with E-state index in [1.807, 2.05) is 25.1 Å². The van der Waals surface area contributed by atoms with Crippen molar-refractivity contribution in [1.82, 2.24) is 5.32 Å². The van der Waals surface area contributed by atoms with Crippen molar-refractivity contribution in [2.24, 2.45) is 0 Å². The van der Waals surface area contributed by atoms with Gasteiger partial charge in [0.1, 0.15) is 0 Å². The average molecular weight is 329 g/mol. The second kappa shape index (κ2) is 7.13. The van der Waals surface area contributed by atoms with Crippen molar-refractivity contribution in [1.29, 1.82) is 0 Å². The Bertz CT molecular complexity index is 477. The van der Waals surface area contributed by atoms with E-state index in [4.69, 9.17) is 0 Å². The standard InChI is InChI=1S/C13H17BrN2O3/c1-9-4-5-11(8-12(9)14)16(10(2)17)7-6-15-13(18)19-3/h4-5,8H,6-7H2,1-3H3,(H,15,18). The molecule has 0 saturated carbocycles. The molecule has 0 heterocycles. The maximum Gasteiger partial charge on any atom is 0.406 e. The highest BCUT2D eigenvalue weighted by molar-refractivity contribution is 9.10. The van der Waals surface area contributed by atoms with E-state index in [2.05, 4.69) is 26.0 Å². The normalized spacial score (nSPS) is 9.89. The molecule has 0 fully saturated rings. The number of amides is 2. The Labute approximate surface area is 121 Å². The van der Waals surface area contributed by atoms with E-state index in [1.165, 1.54) is 14.0 Å². The second-order valence-electron chi connectivity index (χ2n) is 4.02. The Morgan fingerprint density at radius 2 is 2.11 bits per heavy atom. The maximum atomic E-state index is 11.7. The Hall–Kier alpha value is -1.56. The molecule has 6 heteroatoms. The van der Waals surface area contributed by atoms with Gasteiger partial charge in [-0.3, -0.25) is 4.79 Å². The first kappa shape index (κ1) is 15.5. The fourth-order valence-corrected chi connectivity index (χ4v) is 1.93. The van der Waals surface area contributed by atoms with E-state index in [-0.39, 0.29) is 5.91 Å². The molecule has 0 saturated heterocycles. The highest BCUT2D eigenvalue weighted by Crippen LogP contribution is 2.23. The van der Waals surface area contributed by atoms with Gasteiger partial charge in [0.05, 0.1) is 7.11 Å². The number of nitrogens with zero attached hydrogens (tertiary/aromatic N) is 1. The summed E-state index contributed by atoms with van der Waals surface area (Å²) in [4.78, 5) is 24.2. The summed E-state index contributed by atoms with van der Waals surface area (Å²) in [6.45, 7) is 4.19. The van der Waals surface area contributed by atoms with Crippen LogP contribution < -0.4 is 10.2 Å². The summed E-state index contributed by atoms with van der Waals surface area (Å²) in [5, 5.41) is 2.55. The lowest BCUT2D eigenvalue weighted by molar-refractivity contribution is -0.116. The number of halogens is 1. The molecule has 19 heavy (non-hydrogen) atoms. The summed E-state index contributed by atoms with van der Waals surface area (Å²) in [6, 6.07) is 5.69. The number of hydrogen-bond acceptors (Lipinski definition) is 3. The highest BCUT2D eigenvalue weighted by Gasteiger charge is 2.12. The number of hydrogen-bond donors (Lipinski definition) is 1. The Kier molecular flexibility index (Phi) is 5.82. The van der Waals surface area contributed by atoms with Gasteiger partial charge in [0.15, 0.2) is 0 Å². The van der Waals surface area contributed by atoms with Crippen molar-refractivity contribution in [2.75, 3.05) is 25.1 Å². The molecule has 1 aromatic rings. The zero-order valence-corrected chi connectivity index (χ0v) is 12.8. The molecule has 1 aromatic carbocycles.